The summed E-state index contributed by atoms with van der Waals surface area (Å²) >= 11 is 6.21. The van der Waals surface area contributed by atoms with E-state index >= 15 is 0 Å². The summed E-state index contributed by atoms with van der Waals surface area (Å²) in [4.78, 5) is 2.17. The van der Waals surface area contributed by atoms with Crippen LogP contribution in [0.1, 0.15) is 43.4 Å². The third-order valence-corrected chi connectivity index (χ3v) is 4.14. The molecule has 0 amide bonds. The van der Waals surface area contributed by atoms with Crippen LogP contribution >= 0.6 is 11.6 Å². The summed E-state index contributed by atoms with van der Waals surface area (Å²) < 4.78 is 19.8. The zero-order valence-corrected chi connectivity index (χ0v) is 12.7. The molecule has 0 spiro atoms. The molecule has 1 aliphatic rings. The average molecular weight is 286 g/mol. The highest BCUT2D eigenvalue weighted by Gasteiger charge is 2.31. The van der Waals surface area contributed by atoms with Crippen LogP contribution in [0.4, 0.5) is 4.39 Å². The van der Waals surface area contributed by atoms with Crippen molar-refractivity contribution in [2.45, 2.75) is 37.8 Å². The van der Waals surface area contributed by atoms with Crippen LogP contribution in [0.3, 0.4) is 0 Å². The minimum atomic E-state index is -0.262. The van der Waals surface area contributed by atoms with Gasteiger partial charge in [-0.1, -0.05) is 12.1 Å². The molecule has 0 radical (unpaired) electrons. The van der Waals surface area contributed by atoms with Crippen LogP contribution < -0.4 is 0 Å². The largest absolute Gasteiger partial charge is 0.370 e. The smallest absolute Gasteiger partial charge is 0.129 e. The Hall–Kier alpha value is -0.640. The van der Waals surface area contributed by atoms with Crippen LogP contribution in [-0.4, -0.2) is 30.6 Å². The molecule has 0 aromatic heterocycles. The highest BCUT2D eigenvalue weighted by atomic mass is 35.5. The van der Waals surface area contributed by atoms with Gasteiger partial charge in [0.25, 0.3) is 0 Å². The van der Waals surface area contributed by atoms with Crippen LogP contribution in [0.5, 0.6) is 0 Å². The van der Waals surface area contributed by atoms with Gasteiger partial charge in [-0.05, 0) is 39.4 Å². The maximum Gasteiger partial charge on any atom is 0.129 e. The fourth-order valence-electron chi connectivity index (χ4n) is 2.21. The highest BCUT2D eigenvalue weighted by Crippen LogP contribution is 2.38. The van der Waals surface area contributed by atoms with E-state index in [9.17, 15) is 4.39 Å². The summed E-state index contributed by atoms with van der Waals surface area (Å²) in [6, 6.07) is 5.07. The molecule has 2 rings (SSSR count). The van der Waals surface area contributed by atoms with Crippen molar-refractivity contribution in [3.63, 3.8) is 0 Å². The first kappa shape index (κ1) is 14.8. The fourth-order valence-corrected chi connectivity index (χ4v) is 2.47. The molecule has 0 N–H and O–H groups in total. The van der Waals surface area contributed by atoms with E-state index < -0.39 is 0 Å². The second-order valence-corrected chi connectivity index (χ2v) is 6.61. The summed E-state index contributed by atoms with van der Waals surface area (Å²) in [6.45, 7) is 7.47. The van der Waals surface area contributed by atoms with E-state index in [0.29, 0.717) is 18.7 Å². The lowest BCUT2D eigenvalue weighted by molar-refractivity contribution is -0.000895. The quantitative estimate of drug-likeness (QED) is 0.764. The topological polar surface area (TPSA) is 12.5 Å². The molecule has 0 saturated heterocycles. The lowest BCUT2D eigenvalue weighted by atomic mass is 9.95. The first-order valence-electron chi connectivity index (χ1n) is 6.56. The molecule has 1 aliphatic heterocycles. The van der Waals surface area contributed by atoms with Crippen LogP contribution in [0.25, 0.3) is 0 Å². The maximum absolute atomic E-state index is 14.1. The molecular weight excluding hydrogens is 265 g/mol. The number of hydrogen-bond acceptors (Lipinski definition) is 2. The van der Waals surface area contributed by atoms with Crippen molar-refractivity contribution in [3.8, 4) is 0 Å². The van der Waals surface area contributed by atoms with Gasteiger partial charge in [-0.3, -0.25) is 4.90 Å². The van der Waals surface area contributed by atoms with Gasteiger partial charge in [-0.25, -0.2) is 4.39 Å². The molecule has 2 nitrogen and oxygen atoms in total. The molecule has 1 aromatic rings. The number of rotatable bonds is 2. The van der Waals surface area contributed by atoms with Gasteiger partial charge in [0.05, 0.1) is 18.1 Å². The third kappa shape index (κ3) is 3.10. The molecule has 0 fully saturated rings. The van der Waals surface area contributed by atoms with Gasteiger partial charge in [0.1, 0.15) is 5.82 Å². The Morgan fingerprint density at radius 3 is 2.74 bits per heavy atom. The summed E-state index contributed by atoms with van der Waals surface area (Å²) in [6.07, 6.45) is -0.254. The fraction of sp³-hybridized carbons (Fsp3) is 0.600. The normalized spacial score (nSPS) is 23.5. The van der Waals surface area contributed by atoms with Crippen LogP contribution in [-0.2, 0) is 4.74 Å². The summed E-state index contributed by atoms with van der Waals surface area (Å²) in [7, 11) is 2.02. The molecule has 0 aliphatic carbocycles. The van der Waals surface area contributed by atoms with Crippen LogP contribution in [0.2, 0.25) is 0 Å². The number of benzene rings is 1. The molecular formula is C15H21ClFNO. The number of ether oxygens (including phenoxy) is 1. The number of fused-ring (bicyclic) bond motifs is 1. The maximum atomic E-state index is 14.1. The first-order valence-corrected chi connectivity index (χ1v) is 6.99. The van der Waals surface area contributed by atoms with E-state index in [2.05, 4.69) is 25.7 Å². The zero-order valence-electron chi connectivity index (χ0n) is 11.9. The number of alkyl halides is 1. The van der Waals surface area contributed by atoms with Gasteiger partial charge in [-0.15, -0.1) is 11.6 Å². The molecule has 4 heteroatoms. The monoisotopic (exact) mass is 285 g/mol. The van der Waals surface area contributed by atoms with Gasteiger partial charge < -0.3 is 4.74 Å². The minimum absolute atomic E-state index is 0.0204. The Kier molecular flexibility index (Phi) is 4.19. The minimum Gasteiger partial charge on any atom is -0.370 e. The second-order valence-electron chi connectivity index (χ2n) is 6.08. The second kappa shape index (κ2) is 5.39. The Balaban J connectivity index is 2.28. The molecule has 2 atom stereocenters. The van der Waals surface area contributed by atoms with Crippen LogP contribution in [0.15, 0.2) is 18.2 Å². The van der Waals surface area contributed by atoms with Gasteiger partial charge in [0.15, 0.2) is 0 Å². The standard InChI is InChI=1S/C15H21ClFNO/c1-15(2,3)18(4)8-13-14-10(11(16)9-19-13)6-5-7-12(14)17/h5-7,11,13H,8-9H2,1-4H3. The molecule has 0 bridgehead atoms. The summed E-state index contributed by atoms with van der Waals surface area (Å²) in [5.41, 5.74) is 1.50. The number of nitrogens with zero attached hydrogens (tertiary/aromatic N) is 1. The molecule has 1 aromatic carbocycles. The lowest BCUT2D eigenvalue weighted by Crippen LogP contribution is -2.42. The number of hydrogen-bond donors (Lipinski definition) is 0. The molecule has 106 valence electrons. The molecule has 1 heterocycles. The number of likely N-dealkylation sites (N-methyl/N-ethyl adjacent to an activating group) is 1. The first-order chi connectivity index (χ1) is 8.80. The molecule has 0 saturated carbocycles. The Bertz CT molecular complexity index is 458. The summed E-state index contributed by atoms with van der Waals surface area (Å²) in [5.74, 6) is -0.227. The SMILES string of the molecule is CN(CC1OCC(Cl)c2cccc(F)c21)C(C)(C)C. The Morgan fingerprint density at radius 2 is 2.11 bits per heavy atom. The average Bonchev–Trinajstić information content (AvgIpc) is 2.32. The Morgan fingerprint density at radius 1 is 1.42 bits per heavy atom. The van der Waals surface area contributed by atoms with Crippen molar-refractivity contribution in [2.75, 3.05) is 20.2 Å². The van der Waals surface area contributed by atoms with Crippen molar-refractivity contribution in [2.24, 2.45) is 0 Å². The van der Waals surface area contributed by atoms with E-state index in [1.54, 1.807) is 6.07 Å². The van der Waals surface area contributed by atoms with Crippen molar-refractivity contribution in [1.29, 1.82) is 0 Å². The molecule has 2 unspecified atom stereocenters. The van der Waals surface area contributed by atoms with Gasteiger partial charge >= 0.3 is 0 Å². The summed E-state index contributed by atoms with van der Waals surface area (Å²) in [5, 5.41) is -0.262. The van der Waals surface area contributed by atoms with Crippen molar-refractivity contribution in [1.82, 2.24) is 4.90 Å². The Labute approximate surface area is 119 Å². The predicted octanol–water partition coefficient (Wildman–Crippen LogP) is 3.91. The molecule has 19 heavy (non-hydrogen) atoms. The van der Waals surface area contributed by atoms with Crippen LogP contribution in [0, 0.1) is 5.82 Å². The van der Waals surface area contributed by atoms with Crippen molar-refractivity contribution >= 4 is 11.6 Å². The van der Waals surface area contributed by atoms with E-state index in [-0.39, 0.29) is 22.8 Å². The van der Waals surface area contributed by atoms with E-state index in [1.165, 1.54) is 6.07 Å². The third-order valence-electron chi connectivity index (χ3n) is 3.77. The van der Waals surface area contributed by atoms with E-state index in [4.69, 9.17) is 16.3 Å². The lowest BCUT2D eigenvalue weighted by Gasteiger charge is -2.37. The van der Waals surface area contributed by atoms with E-state index in [0.717, 1.165) is 5.56 Å². The highest BCUT2D eigenvalue weighted by molar-refractivity contribution is 6.21. The van der Waals surface area contributed by atoms with Gasteiger partial charge in [0.2, 0.25) is 0 Å². The zero-order chi connectivity index (χ0) is 14.2. The van der Waals surface area contributed by atoms with Crippen molar-refractivity contribution in [3.05, 3.63) is 35.1 Å². The van der Waals surface area contributed by atoms with Gasteiger partial charge in [0, 0.05) is 17.6 Å². The predicted molar refractivity (Wildman–Crippen MR) is 76.1 cm³/mol. The number of halogens is 2. The van der Waals surface area contributed by atoms with Gasteiger partial charge in [-0.2, -0.15) is 0 Å². The van der Waals surface area contributed by atoms with E-state index in [1.807, 2.05) is 13.1 Å². The van der Waals surface area contributed by atoms with Crippen molar-refractivity contribution < 1.29 is 9.13 Å².